The minimum absolute atomic E-state index is 0.0930. The lowest BCUT2D eigenvalue weighted by Gasteiger charge is -2.38. The molecule has 1 saturated heterocycles. The number of fused-ring (bicyclic) bond motifs is 1. The molecule has 3 aromatic rings. The van der Waals surface area contributed by atoms with Gasteiger partial charge in [-0.25, -0.2) is 9.07 Å². The van der Waals surface area contributed by atoms with Gasteiger partial charge in [0, 0.05) is 29.2 Å². The summed E-state index contributed by atoms with van der Waals surface area (Å²) in [5.41, 5.74) is 4.62. The molecule has 5 nitrogen and oxygen atoms in total. The number of benzene rings is 2. The van der Waals surface area contributed by atoms with Crippen molar-refractivity contribution in [3.8, 4) is 0 Å². The van der Waals surface area contributed by atoms with Crippen molar-refractivity contribution in [1.29, 1.82) is 0 Å². The maximum Gasteiger partial charge on any atom is 0.139 e. The molecule has 2 aliphatic rings. The van der Waals surface area contributed by atoms with E-state index in [9.17, 15) is 4.39 Å². The molecular weight excluding hydrogens is 481 g/mol. The fourth-order valence-corrected chi connectivity index (χ4v) is 6.16. The number of hydrogen-bond acceptors (Lipinski definition) is 4. The Labute approximate surface area is 221 Å². The van der Waals surface area contributed by atoms with Crippen molar-refractivity contribution in [3.05, 3.63) is 65.1 Å². The number of hydrogen-bond donors (Lipinski definition) is 1. The Bertz CT molecular complexity index is 1190. The SMILES string of the molecule is CC(OCC1(c2ccc(F)cc2)CCNCC1)c1cc(C2CC2)cc2cn(COCC[Si-](C)(C)C)nc12. The number of ether oxygens (including phenoxy) is 2. The van der Waals surface area contributed by atoms with Crippen LogP contribution < -0.4 is 5.32 Å². The summed E-state index contributed by atoms with van der Waals surface area (Å²) >= 11 is 0. The summed E-state index contributed by atoms with van der Waals surface area (Å²) in [6, 6.07) is 12.8. The summed E-state index contributed by atoms with van der Waals surface area (Å²) in [5.74, 6) is 0.461. The Kier molecular flexibility index (Phi) is 7.87. The second kappa shape index (κ2) is 11.0. The largest absolute Gasteiger partial charge is 0.373 e. The first-order valence-corrected chi connectivity index (χ1v) is 17.6. The minimum Gasteiger partial charge on any atom is -0.373 e. The molecule has 1 aromatic heterocycles. The third-order valence-corrected chi connectivity index (χ3v) is 9.75. The van der Waals surface area contributed by atoms with E-state index in [0.717, 1.165) is 49.7 Å². The monoisotopic (exact) mass is 523 g/mol. The van der Waals surface area contributed by atoms with E-state index < -0.39 is 8.07 Å². The summed E-state index contributed by atoms with van der Waals surface area (Å²) in [7, 11) is -1.12. The highest BCUT2D eigenvalue weighted by Crippen LogP contribution is 2.43. The zero-order valence-corrected chi connectivity index (χ0v) is 23.9. The van der Waals surface area contributed by atoms with Crippen molar-refractivity contribution in [2.75, 3.05) is 26.3 Å². The highest BCUT2D eigenvalue weighted by atomic mass is 28.3. The van der Waals surface area contributed by atoms with Crippen molar-refractivity contribution < 1.29 is 13.9 Å². The quantitative estimate of drug-likeness (QED) is 0.223. The zero-order valence-electron chi connectivity index (χ0n) is 22.9. The highest BCUT2D eigenvalue weighted by Gasteiger charge is 2.35. The van der Waals surface area contributed by atoms with Crippen LogP contribution in [0.3, 0.4) is 0 Å². The molecule has 1 atom stereocenters. The normalized spacial score (nSPS) is 18.8. The summed E-state index contributed by atoms with van der Waals surface area (Å²) in [5, 5.41) is 9.58. The molecule has 0 amide bonds. The van der Waals surface area contributed by atoms with E-state index in [1.807, 2.05) is 16.8 Å². The molecule has 201 valence electrons. The summed E-state index contributed by atoms with van der Waals surface area (Å²) in [4.78, 5) is 0. The second-order valence-corrected chi connectivity index (χ2v) is 18.0. The van der Waals surface area contributed by atoms with E-state index in [-0.39, 0.29) is 17.3 Å². The Morgan fingerprint density at radius 2 is 1.86 bits per heavy atom. The number of piperidine rings is 1. The van der Waals surface area contributed by atoms with Gasteiger partial charge in [-0.2, -0.15) is 24.7 Å². The molecule has 1 aliphatic heterocycles. The molecule has 0 radical (unpaired) electrons. The van der Waals surface area contributed by atoms with E-state index in [4.69, 9.17) is 14.6 Å². The van der Waals surface area contributed by atoms with Gasteiger partial charge in [0.25, 0.3) is 0 Å². The number of aromatic nitrogens is 2. The van der Waals surface area contributed by atoms with E-state index in [1.165, 1.54) is 29.4 Å². The fourth-order valence-electron chi connectivity index (χ4n) is 5.40. The van der Waals surface area contributed by atoms with E-state index in [1.54, 1.807) is 12.1 Å². The van der Waals surface area contributed by atoms with E-state index >= 15 is 0 Å². The molecule has 1 N–H and O–H groups in total. The maximum absolute atomic E-state index is 13.7. The van der Waals surface area contributed by atoms with Crippen LogP contribution in [0.4, 0.5) is 4.39 Å². The summed E-state index contributed by atoms with van der Waals surface area (Å²) < 4.78 is 28.3. The molecule has 0 spiro atoms. The van der Waals surface area contributed by atoms with Gasteiger partial charge in [0.1, 0.15) is 12.5 Å². The predicted molar refractivity (Wildman–Crippen MR) is 150 cm³/mol. The van der Waals surface area contributed by atoms with Crippen molar-refractivity contribution in [2.45, 2.75) is 82.5 Å². The average molecular weight is 524 g/mol. The van der Waals surface area contributed by atoms with Gasteiger partial charge < -0.3 is 14.8 Å². The number of rotatable bonds is 11. The van der Waals surface area contributed by atoms with Crippen LogP contribution in [0.15, 0.2) is 42.6 Å². The van der Waals surface area contributed by atoms with Crippen molar-refractivity contribution >= 4 is 19.0 Å². The smallest absolute Gasteiger partial charge is 0.139 e. The molecule has 2 heterocycles. The first-order chi connectivity index (χ1) is 17.7. The lowest BCUT2D eigenvalue weighted by molar-refractivity contribution is 0.0171. The first kappa shape index (κ1) is 26.5. The van der Waals surface area contributed by atoms with Crippen LogP contribution in [0.25, 0.3) is 10.9 Å². The number of halogens is 1. The van der Waals surface area contributed by atoms with Crippen molar-refractivity contribution in [2.24, 2.45) is 0 Å². The molecule has 7 heteroatoms. The third-order valence-electron chi connectivity index (χ3n) is 8.04. The standard InChI is InChI=1S/C30H42FN3O2Si/c1-22(36-20-30(11-13-32-14-12-30)26-7-9-27(31)10-8-26)28-18-24(23-5-6-23)17-25-19-34(33-29(25)28)21-35-15-16-37(2,3)4/h7-10,17-19,22-23,32H,5-6,11-16,20-21H2,1-4H3/q-1. The average Bonchev–Trinajstić information content (AvgIpc) is 3.64. The Morgan fingerprint density at radius 1 is 1.14 bits per heavy atom. The van der Waals surface area contributed by atoms with Gasteiger partial charge in [-0.05, 0) is 80.9 Å². The lowest BCUT2D eigenvalue weighted by Crippen LogP contribution is -2.43. The molecule has 37 heavy (non-hydrogen) atoms. The molecule has 0 bridgehead atoms. The van der Waals surface area contributed by atoms with Crippen LogP contribution >= 0.6 is 0 Å². The first-order valence-electron chi connectivity index (χ1n) is 13.9. The van der Waals surface area contributed by atoms with Gasteiger partial charge in [0.2, 0.25) is 0 Å². The molecule has 1 unspecified atom stereocenters. The molecule has 1 aliphatic carbocycles. The molecular formula is C30H42FN3O2Si-. The van der Waals surface area contributed by atoms with Crippen LogP contribution in [-0.2, 0) is 21.6 Å². The predicted octanol–water partition coefficient (Wildman–Crippen LogP) is 6.76. The van der Waals surface area contributed by atoms with Gasteiger partial charge in [-0.3, -0.25) is 0 Å². The zero-order chi connectivity index (χ0) is 26.0. The van der Waals surface area contributed by atoms with Crippen molar-refractivity contribution in [3.63, 3.8) is 0 Å². The van der Waals surface area contributed by atoms with Gasteiger partial charge in [0.15, 0.2) is 0 Å². The Morgan fingerprint density at radius 3 is 2.54 bits per heavy atom. The lowest BCUT2D eigenvalue weighted by atomic mass is 9.74. The van der Waals surface area contributed by atoms with Gasteiger partial charge in [0.05, 0.1) is 18.2 Å². The Balaban J connectivity index is 1.35. The van der Waals surface area contributed by atoms with Crippen LogP contribution in [0, 0.1) is 5.82 Å². The Hall–Kier alpha value is -2.06. The van der Waals surface area contributed by atoms with Crippen LogP contribution in [0.1, 0.15) is 61.3 Å². The van der Waals surface area contributed by atoms with Crippen LogP contribution in [-0.4, -0.2) is 44.2 Å². The molecule has 2 fully saturated rings. The van der Waals surface area contributed by atoms with E-state index in [0.29, 0.717) is 19.3 Å². The third kappa shape index (κ3) is 6.51. The van der Waals surface area contributed by atoms with Crippen LogP contribution in [0.2, 0.25) is 25.7 Å². The number of nitrogens with zero attached hydrogens (tertiary/aromatic N) is 2. The van der Waals surface area contributed by atoms with Crippen molar-refractivity contribution in [1.82, 2.24) is 15.1 Å². The van der Waals surface area contributed by atoms with E-state index in [2.05, 4.69) is 50.2 Å². The fraction of sp³-hybridized carbons (Fsp3) is 0.567. The summed E-state index contributed by atoms with van der Waals surface area (Å²) in [6.45, 7) is 13.0. The van der Waals surface area contributed by atoms with Gasteiger partial charge in [-0.1, -0.05) is 18.2 Å². The second-order valence-electron chi connectivity index (χ2n) is 12.3. The molecule has 2 aromatic carbocycles. The topological polar surface area (TPSA) is 48.3 Å². The van der Waals surface area contributed by atoms with Crippen LogP contribution in [0.5, 0.6) is 0 Å². The maximum atomic E-state index is 13.7. The minimum atomic E-state index is -1.12. The van der Waals surface area contributed by atoms with Gasteiger partial charge >= 0.3 is 0 Å². The molecule has 5 rings (SSSR count). The summed E-state index contributed by atoms with van der Waals surface area (Å²) in [6.07, 6.45) is 6.51. The van der Waals surface area contributed by atoms with Gasteiger partial charge in [-0.15, -0.1) is 14.1 Å². The molecule has 1 saturated carbocycles. The number of nitrogens with one attached hydrogen (secondary N) is 1. The highest BCUT2D eigenvalue weighted by molar-refractivity contribution is 6.76.